The number of allylic oxidation sites excluding steroid dienone is 2. The third-order valence-corrected chi connectivity index (χ3v) is 5.26. The molecule has 2 rings (SSSR count). The highest BCUT2D eigenvalue weighted by atomic mass is 16.2. The minimum absolute atomic E-state index is 0.0719. The van der Waals surface area contributed by atoms with E-state index in [0.29, 0.717) is 5.56 Å². The number of nitrogens with one attached hydrogen (secondary N) is 2. The first-order chi connectivity index (χ1) is 12.2. The van der Waals surface area contributed by atoms with Gasteiger partial charge in [-0.15, -0.1) is 0 Å². The Morgan fingerprint density at radius 3 is 2.15 bits per heavy atom. The van der Waals surface area contributed by atoms with E-state index in [1.54, 1.807) is 12.1 Å². The maximum atomic E-state index is 12.4. The first-order valence-electron chi connectivity index (χ1n) is 9.32. The molecule has 1 aliphatic carbocycles. The molecule has 5 nitrogen and oxygen atoms in total. The molecule has 2 amide bonds. The van der Waals surface area contributed by atoms with E-state index < -0.39 is 0 Å². The molecule has 5 heteroatoms. The van der Waals surface area contributed by atoms with Crippen LogP contribution in [-0.2, 0) is 4.79 Å². The van der Waals surface area contributed by atoms with Gasteiger partial charge in [0.25, 0.3) is 5.91 Å². The van der Waals surface area contributed by atoms with Crippen LogP contribution in [0.5, 0.6) is 0 Å². The molecule has 0 bridgehead atoms. The maximum absolute atomic E-state index is 12.4. The highest BCUT2D eigenvalue weighted by molar-refractivity contribution is 5.96. The van der Waals surface area contributed by atoms with Crippen molar-refractivity contribution in [3.05, 3.63) is 41.5 Å². The molecular formula is C21H31N3O2. The van der Waals surface area contributed by atoms with Crippen LogP contribution in [0, 0.1) is 17.3 Å². The Morgan fingerprint density at radius 1 is 1.08 bits per heavy atom. The molecule has 142 valence electrons. The minimum Gasteiger partial charge on any atom is -0.372 e. The van der Waals surface area contributed by atoms with Crippen molar-refractivity contribution >= 4 is 17.5 Å². The summed E-state index contributed by atoms with van der Waals surface area (Å²) < 4.78 is 0. The van der Waals surface area contributed by atoms with Gasteiger partial charge < -0.3 is 4.90 Å². The highest BCUT2D eigenvalue weighted by Gasteiger charge is 2.60. The Morgan fingerprint density at radius 2 is 1.65 bits per heavy atom. The van der Waals surface area contributed by atoms with Gasteiger partial charge in [-0.25, -0.2) is 0 Å². The quantitative estimate of drug-likeness (QED) is 0.605. The molecule has 0 aromatic heterocycles. The van der Waals surface area contributed by atoms with Crippen molar-refractivity contribution in [3.8, 4) is 0 Å². The van der Waals surface area contributed by atoms with Crippen molar-refractivity contribution < 1.29 is 9.59 Å². The van der Waals surface area contributed by atoms with Crippen molar-refractivity contribution in [2.24, 2.45) is 17.3 Å². The SMILES string of the molecule is CCN(CC)c1ccc(C(=O)NNC(=O)C2C(C=C(C)C)C2(C)C)cc1. The van der Waals surface area contributed by atoms with Crippen molar-refractivity contribution in [2.45, 2.75) is 41.5 Å². The summed E-state index contributed by atoms with van der Waals surface area (Å²) in [6.45, 7) is 14.3. The molecule has 1 aliphatic rings. The number of hydrogen-bond donors (Lipinski definition) is 2. The van der Waals surface area contributed by atoms with Crippen molar-refractivity contribution in [1.29, 1.82) is 0 Å². The lowest BCUT2D eigenvalue weighted by Crippen LogP contribution is -2.43. The van der Waals surface area contributed by atoms with Gasteiger partial charge in [-0.1, -0.05) is 25.5 Å². The zero-order valence-corrected chi connectivity index (χ0v) is 16.7. The predicted octanol–water partition coefficient (Wildman–Crippen LogP) is 3.53. The number of benzene rings is 1. The van der Waals surface area contributed by atoms with Crippen molar-refractivity contribution in [2.75, 3.05) is 18.0 Å². The largest absolute Gasteiger partial charge is 0.372 e. The van der Waals surface area contributed by atoms with Gasteiger partial charge >= 0.3 is 0 Å². The van der Waals surface area contributed by atoms with Crippen molar-refractivity contribution in [3.63, 3.8) is 0 Å². The van der Waals surface area contributed by atoms with Gasteiger partial charge in [-0.05, 0) is 63.3 Å². The van der Waals surface area contributed by atoms with E-state index in [-0.39, 0.29) is 29.1 Å². The van der Waals surface area contributed by atoms with Gasteiger partial charge in [0.05, 0.1) is 5.92 Å². The van der Waals surface area contributed by atoms with Crippen LogP contribution in [0.15, 0.2) is 35.9 Å². The van der Waals surface area contributed by atoms with Crippen LogP contribution in [0.3, 0.4) is 0 Å². The number of carbonyl (C=O) groups is 2. The average Bonchev–Trinajstić information content (AvgIpc) is 3.13. The number of anilines is 1. The molecule has 1 aromatic carbocycles. The lowest BCUT2D eigenvalue weighted by molar-refractivity contribution is -0.123. The predicted molar refractivity (Wildman–Crippen MR) is 106 cm³/mol. The van der Waals surface area contributed by atoms with Crippen LogP contribution >= 0.6 is 0 Å². The number of amides is 2. The summed E-state index contributed by atoms with van der Waals surface area (Å²) in [4.78, 5) is 26.9. The second-order valence-electron chi connectivity index (χ2n) is 7.73. The van der Waals surface area contributed by atoms with Gasteiger partial charge in [0.15, 0.2) is 0 Å². The van der Waals surface area contributed by atoms with Crippen LogP contribution in [0.4, 0.5) is 5.69 Å². The summed E-state index contributed by atoms with van der Waals surface area (Å²) in [6.07, 6.45) is 2.14. The first kappa shape index (κ1) is 20.0. The second kappa shape index (κ2) is 7.94. The summed E-state index contributed by atoms with van der Waals surface area (Å²) in [5.41, 5.74) is 7.86. The fourth-order valence-electron chi connectivity index (χ4n) is 3.53. The molecule has 0 saturated heterocycles. The van der Waals surface area contributed by atoms with E-state index >= 15 is 0 Å². The molecule has 1 saturated carbocycles. The normalized spacial score (nSPS) is 20.1. The monoisotopic (exact) mass is 357 g/mol. The van der Waals surface area contributed by atoms with E-state index in [9.17, 15) is 9.59 Å². The van der Waals surface area contributed by atoms with Gasteiger partial charge in [0, 0.05) is 24.3 Å². The number of hydrazine groups is 1. The Labute approximate surface area is 156 Å². The lowest BCUT2D eigenvalue weighted by atomic mass is 10.1. The molecule has 26 heavy (non-hydrogen) atoms. The topological polar surface area (TPSA) is 61.4 Å². The molecule has 2 unspecified atom stereocenters. The minimum atomic E-state index is -0.304. The smallest absolute Gasteiger partial charge is 0.269 e. The Kier molecular flexibility index (Phi) is 6.11. The zero-order valence-electron chi connectivity index (χ0n) is 16.7. The highest BCUT2D eigenvalue weighted by Crippen LogP contribution is 2.59. The summed E-state index contributed by atoms with van der Waals surface area (Å²) in [5, 5.41) is 0. The van der Waals surface area contributed by atoms with E-state index in [0.717, 1.165) is 18.8 Å². The molecule has 2 atom stereocenters. The van der Waals surface area contributed by atoms with Gasteiger partial charge in [0.1, 0.15) is 0 Å². The van der Waals surface area contributed by atoms with Crippen LogP contribution in [-0.4, -0.2) is 24.9 Å². The maximum Gasteiger partial charge on any atom is 0.269 e. The van der Waals surface area contributed by atoms with Crippen LogP contribution in [0.25, 0.3) is 0 Å². The molecule has 1 fully saturated rings. The molecule has 0 heterocycles. The Hall–Kier alpha value is -2.30. The summed E-state index contributed by atoms with van der Waals surface area (Å²) in [5.74, 6) is -0.326. The Balaban J connectivity index is 1.93. The van der Waals surface area contributed by atoms with Crippen LogP contribution in [0.2, 0.25) is 0 Å². The van der Waals surface area contributed by atoms with Crippen LogP contribution in [0.1, 0.15) is 51.9 Å². The summed E-state index contributed by atoms with van der Waals surface area (Å²) >= 11 is 0. The number of hydrogen-bond acceptors (Lipinski definition) is 3. The van der Waals surface area contributed by atoms with E-state index in [2.05, 4.69) is 49.5 Å². The molecule has 1 aromatic rings. The number of carbonyl (C=O) groups excluding carboxylic acids is 2. The number of nitrogens with zero attached hydrogens (tertiary/aromatic N) is 1. The third-order valence-electron chi connectivity index (χ3n) is 5.26. The van der Waals surface area contributed by atoms with Crippen LogP contribution < -0.4 is 15.8 Å². The second-order valence-corrected chi connectivity index (χ2v) is 7.73. The van der Waals surface area contributed by atoms with Gasteiger partial charge in [-0.2, -0.15) is 0 Å². The molecule has 0 aliphatic heterocycles. The van der Waals surface area contributed by atoms with Crippen molar-refractivity contribution in [1.82, 2.24) is 10.9 Å². The molecule has 2 N–H and O–H groups in total. The fraction of sp³-hybridized carbons (Fsp3) is 0.524. The first-order valence-corrected chi connectivity index (χ1v) is 9.32. The molecular weight excluding hydrogens is 326 g/mol. The average molecular weight is 357 g/mol. The van der Waals surface area contributed by atoms with E-state index in [1.165, 1.54) is 5.57 Å². The third kappa shape index (κ3) is 4.26. The summed E-state index contributed by atoms with van der Waals surface area (Å²) in [6, 6.07) is 7.42. The van der Waals surface area contributed by atoms with Gasteiger partial charge in [-0.3, -0.25) is 20.4 Å². The zero-order chi connectivity index (χ0) is 19.5. The molecule has 0 radical (unpaired) electrons. The van der Waals surface area contributed by atoms with Gasteiger partial charge in [0.2, 0.25) is 5.91 Å². The van der Waals surface area contributed by atoms with E-state index in [4.69, 9.17) is 0 Å². The lowest BCUT2D eigenvalue weighted by Gasteiger charge is -2.21. The fourth-order valence-corrected chi connectivity index (χ4v) is 3.53. The Bertz CT molecular complexity index is 684. The van der Waals surface area contributed by atoms with E-state index in [1.807, 2.05) is 26.0 Å². The molecule has 0 spiro atoms. The summed E-state index contributed by atoms with van der Waals surface area (Å²) in [7, 11) is 0. The number of rotatable bonds is 6. The standard InChI is InChI=1S/C21H31N3O2/c1-7-24(8-2)16-11-9-15(10-12-16)19(25)22-23-20(26)18-17(13-14(3)4)21(18,5)6/h9-13,17-18H,7-8H2,1-6H3,(H,22,25)(H,23,26).